The Morgan fingerprint density at radius 2 is 1.88 bits per heavy atom. The number of guanidine groups is 1. The summed E-state index contributed by atoms with van der Waals surface area (Å²) in [7, 11) is 1.90. The van der Waals surface area contributed by atoms with Gasteiger partial charge < -0.3 is 19.7 Å². The topological polar surface area (TPSA) is 49.3 Å². The quantitative estimate of drug-likeness (QED) is 0.314. The standard InChI is InChI=1S/C25H40N4O2.HI/c1-26-25(27-18-22-10-7-14-29(22)19-21-8-3-2-4-9-21)28-15-12-23(13-16-28)31-20-24-11-5-6-17-30-24;/h2-4,8-9,22-24H,5-7,10-20H2,1H3,(H,26,27);1H. The van der Waals surface area contributed by atoms with E-state index in [2.05, 4.69) is 50.4 Å². The lowest BCUT2D eigenvalue weighted by Crippen LogP contribution is -2.50. The Hall–Kier alpha value is -0.900. The fraction of sp³-hybridized carbons (Fsp3) is 0.720. The van der Waals surface area contributed by atoms with Crippen molar-refractivity contribution >= 4 is 29.9 Å². The number of hydrogen-bond donors (Lipinski definition) is 1. The molecule has 7 heteroatoms. The molecule has 3 aliphatic rings. The van der Waals surface area contributed by atoms with Gasteiger partial charge in [0.15, 0.2) is 5.96 Å². The Labute approximate surface area is 211 Å². The molecule has 180 valence electrons. The van der Waals surface area contributed by atoms with Gasteiger partial charge in [0.2, 0.25) is 0 Å². The fourth-order valence-corrected chi connectivity index (χ4v) is 5.11. The van der Waals surface area contributed by atoms with Gasteiger partial charge in [0, 0.05) is 45.9 Å². The van der Waals surface area contributed by atoms with Gasteiger partial charge in [-0.3, -0.25) is 9.89 Å². The van der Waals surface area contributed by atoms with Gasteiger partial charge >= 0.3 is 0 Å². The fourth-order valence-electron chi connectivity index (χ4n) is 5.11. The predicted octanol–water partition coefficient (Wildman–Crippen LogP) is 3.89. The molecule has 0 radical (unpaired) electrons. The van der Waals surface area contributed by atoms with E-state index in [0.29, 0.717) is 18.2 Å². The molecule has 3 heterocycles. The molecule has 1 aromatic carbocycles. The lowest BCUT2D eigenvalue weighted by Gasteiger charge is -2.35. The summed E-state index contributed by atoms with van der Waals surface area (Å²) in [4.78, 5) is 9.59. The van der Waals surface area contributed by atoms with Crippen LogP contribution in [0.3, 0.4) is 0 Å². The Bertz CT molecular complexity index is 676. The Balaban J connectivity index is 0.00000289. The van der Waals surface area contributed by atoms with Crippen LogP contribution in [0.15, 0.2) is 35.3 Å². The molecule has 0 aliphatic carbocycles. The molecular formula is C25H41IN4O2. The van der Waals surface area contributed by atoms with E-state index in [4.69, 9.17) is 9.47 Å². The van der Waals surface area contributed by atoms with Gasteiger partial charge in [0.1, 0.15) is 0 Å². The van der Waals surface area contributed by atoms with E-state index in [1.165, 1.54) is 37.8 Å². The van der Waals surface area contributed by atoms with Gasteiger partial charge in [-0.05, 0) is 57.1 Å². The molecule has 4 rings (SSSR count). The van der Waals surface area contributed by atoms with Crippen LogP contribution < -0.4 is 5.32 Å². The molecule has 1 N–H and O–H groups in total. The molecule has 0 amide bonds. The van der Waals surface area contributed by atoms with Crippen molar-refractivity contribution in [1.29, 1.82) is 0 Å². The third kappa shape index (κ3) is 7.57. The van der Waals surface area contributed by atoms with Crippen molar-refractivity contribution in [3.63, 3.8) is 0 Å². The minimum atomic E-state index is 0. The molecule has 2 atom stereocenters. The molecule has 1 aromatic rings. The van der Waals surface area contributed by atoms with E-state index in [9.17, 15) is 0 Å². The van der Waals surface area contributed by atoms with Gasteiger partial charge in [-0.15, -0.1) is 24.0 Å². The third-order valence-corrected chi connectivity index (χ3v) is 6.97. The molecule has 3 fully saturated rings. The number of hydrogen-bond acceptors (Lipinski definition) is 4. The lowest BCUT2D eigenvalue weighted by molar-refractivity contribution is -0.0721. The maximum absolute atomic E-state index is 6.18. The summed E-state index contributed by atoms with van der Waals surface area (Å²) in [5.74, 6) is 1.04. The normalized spacial score (nSPS) is 25.5. The highest BCUT2D eigenvalue weighted by Crippen LogP contribution is 2.21. The number of nitrogens with one attached hydrogen (secondary N) is 1. The van der Waals surface area contributed by atoms with Crippen LogP contribution >= 0.6 is 24.0 Å². The molecule has 0 spiro atoms. The number of benzene rings is 1. The number of rotatable bonds is 7. The molecule has 3 saturated heterocycles. The van der Waals surface area contributed by atoms with Crippen molar-refractivity contribution in [3.8, 4) is 0 Å². The van der Waals surface area contributed by atoms with Gasteiger partial charge in [0.05, 0.1) is 18.8 Å². The maximum atomic E-state index is 6.18. The summed E-state index contributed by atoms with van der Waals surface area (Å²) in [6.07, 6.45) is 8.97. The monoisotopic (exact) mass is 556 g/mol. The summed E-state index contributed by atoms with van der Waals surface area (Å²) < 4.78 is 12.0. The molecule has 0 bridgehead atoms. The van der Waals surface area contributed by atoms with Crippen molar-refractivity contribution in [2.24, 2.45) is 4.99 Å². The van der Waals surface area contributed by atoms with Crippen LogP contribution in [0.25, 0.3) is 0 Å². The van der Waals surface area contributed by atoms with Gasteiger partial charge in [-0.1, -0.05) is 30.3 Å². The zero-order valence-electron chi connectivity index (χ0n) is 19.6. The first-order valence-electron chi connectivity index (χ1n) is 12.3. The lowest BCUT2D eigenvalue weighted by atomic mass is 10.1. The third-order valence-electron chi connectivity index (χ3n) is 6.97. The molecule has 32 heavy (non-hydrogen) atoms. The number of halogens is 1. The smallest absolute Gasteiger partial charge is 0.193 e. The second-order valence-electron chi connectivity index (χ2n) is 9.19. The van der Waals surface area contributed by atoms with E-state index in [1.807, 2.05) is 7.05 Å². The summed E-state index contributed by atoms with van der Waals surface area (Å²) in [6.45, 7) is 6.87. The summed E-state index contributed by atoms with van der Waals surface area (Å²) >= 11 is 0. The maximum Gasteiger partial charge on any atom is 0.193 e. The minimum absolute atomic E-state index is 0. The van der Waals surface area contributed by atoms with Crippen LogP contribution in [0.4, 0.5) is 0 Å². The van der Waals surface area contributed by atoms with Gasteiger partial charge in [0.25, 0.3) is 0 Å². The molecule has 0 aromatic heterocycles. The van der Waals surface area contributed by atoms with Crippen molar-refractivity contribution in [2.45, 2.75) is 69.7 Å². The van der Waals surface area contributed by atoms with Crippen molar-refractivity contribution < 1.29 is 9.47 Å². The molecule has 2 unspecified atom stereocenters. The molecular weight excluding hydrogens is 515 g/mol. The van der Waals surface area contributed by atoms with Crippen molar-refractivity contribution in [2.75, 3.05) is 46.4 Å². The van der Waals surface area contributed by atoms with Gasteiger partial charge in [-0.25, -0.2) is 0 Å². The van der Waals surface area contributed by atoms with Crippen LogP contribution in [0.1, 0.15) is 50.5 Å². The number of piperidine rings is 1. The zero-order valence-corrected chi connectivity index (χ0v) is 21.9. The average Bonchev–Trinajstić information content (AvgIpc) is 3.27. The number of likely N-dealkylation sites (tertiary alicyclic amines) is 2. The Morgan fingerprint density at radius 1 is 1.06 bits per heavy atom. The first-order valence-corrected chi connectivity index (χ1v) is 12.3. The van der Waals surface area contributed by atoms with Crippen LogP contribution in [-0.2, 0) is 16.0 Å². The van der Waals surface area contributed by atoms with Gasteiger partial charge in [-0.2, -0.15) is 0 Å². The van der Waals surface area contributed by atoms with E-state index in [0.717, 1.165) is 64.6 Å². The SMILES string of the molecule is CN=C(NCC1CCCN1Cc1ccccc1)N1CCC(OCC2CCCCO2)CC1.I. The van der Waals surface area contributed by atoms with Crippen molar-refractivity contribution in [3.05, 3.63) is 35.9 Å². The highest BCUT2D eigenvalue weighted by Gasteiger charge is 2.27. The first kappa shape index (κ1) is 25.7. The van der Waals surface area contributed by atoms with Crippen molar-refractivity contribution in [1.82, 2.24) is 15.1 Å². The number of ether oxygens (including phenoxy) is 2. The molecule has 0 saturated carbocycles. The first-order chi connectivity index (χ1) is 15.3. The van der Waals surface area contributed by atoms with Crippen LogP contribution in [0.5, 0.6) is 0 Å². The number of nitrogens with zero attached hydrogens (tertiary/aromatic N) is 3. The minimum Gasteiger partial charge on any atom is -0.376 e. The van der Waals surface area contributed by atoms with E-state index in [1.54, 1.807) is 0 Å². The second-order valence-corrected chi connectivity index (χ2v) is 9.19. The highest BCUT2D eigenvalue weighted by molar-refractivity contribution is 14.0. The summed E-state index contributed by atoms with van der Waals surface area (Å²) in [5.41, 5.74) is 1.40. The van der Waals surface area contributed by atoms with E-state index in [-0.39, 0.29) is 24.0 Å². The zero-order chi connectivity index (χ0) is 21.3. The van der Waals surface area contributed by atoms with Crippen LogP contribution in [0, 0.1) is 0 Å². The predicted molar refractivity (Wildman–Crippen MR) is 141 cm³/mol. The largest absolute Gasteiger partial charge is 0.376 e. The summed E-state index contributed by atoms with van der Waals surface area (Å²) in [5, 5.41) is 3.67. The summed E-state index contributed by atoms with van der Waals surface area (Å²) in [6, 6.07) is 11.4. The van der Waals surface area contributed by atoms with Crippen LogP contribution in [0.2, 0.25) is 0 Å². The van der Waals surface area contributed by atoms with E-state index < -0.39 is 0 Å². The average molecular weight is 557 g/mol. The number of aliphatic imine (C=N–C) groups is 1. The highest BCUT2D eigenvalue weighted by atomic mass is 127. The molecule has 6 nitrogen and oxygen atoms in total. The second kappa shape index (κ2) is 13.7. The van der Waals surface area contributed by atoms with E-state index >= 15 is 0 Å². The Kier molecular flexibility index (Phi) is 11.0. The Morgan fingerprint density at radius 3 is 2.59 bits per heavy atom. The molecule has 3 aliphatic heterocycles. The van der Waals surface area contributed by atoms with Crippen LogP contribution in [-0.4, -0.2) is 80.4 Å².